The number of benzene rings is 2. The van der Waals surface area contributed by atoms with Crippen LogP contribution in [-0.2, 0) is 19.1 Å². The summed E-state index contributed by atoms with van der Waals surface area (Å²) in [6.45, 7) is 4.89. The molecule has 3 unspecified atom stereocenters. The molecule has 0 saturated carbocycles. The van der Waals surface area contributed by atoms with Gasteiger partial charge in [-0.1, -0.05) is 56.1 Å². The lowest BCUT2D eigenvalue weighted by Gasteiger charge is -2.50. The first-order chi connectivity index (χ1) is 18.7. The van der Waals surface area contributed by atoms with Crippen molar-refractivity contribution >= 4 is 46.1 Å². The van der Waals surface area contributed by atoms with E-state index in [1.807, 2.05) is 0 Å². The fraction of sp³-hybridized carbons (Fsp3) is 0.414. The van der Waals surface area contributed by atoms with Gasteiger partial charge in [-0.2, -0.15) is 0 Å². The number of ether oxygens (including phenoxy) is 3. The zero-order chi connectivity index (χ0) is 29.6. The molecule has 1 aliphatic heterocycles. The highest BCUT2D eigenvalue weighted by Crippen LogP contribution is 2.59. The van der Waals surface area contributed by atoms with Crippen molar-refractivity contribution in [1.29, 1.82) is 0 Å². The molecule has 2 N–H and O–H groups in total. The average molecular weight is 593 g/mol. The van der Waals surface area contributed by atoms with E-state index in [0.717, 1.165) is 0 Å². The fourth-order valence-electron chi connectivity index (χ4n) is 5.63. The van der Waals surface area contributed by atoms with E-state index in [-0.39, 0.29) is 47.0 Å². The Labute approximate surface area is 240 Å². The van der Waals surface area contributed by atoms with Gasteiger partial charge in [0.1, 0.15) is 22.5 Å². The van der Waals surface area contributed by atoms with E-state index < -0.39 is 39.5 Å². The summed E-state index contributed by atoms with van der Waals surface area (Å²) in [4.78, 5) is 38.5. The third kappa shape index (κ3) is 4.75. The summed E-state index contributed by atoms with van der Waals surface area (Å²) in [7, 11) is 2.82. The van der Waals surface area contributed by atoms with Crippen molar-refractivity contribution in [2.45, 2.75) is 33.1 Å². The first-order valence-electron chi connectivity index (χ1n) is 12.4. The maximum absolute atomic E-state index is 13.3. The van der Waals surface area contributed by atoms with Crippen molar-refractivity contribution in [3.8, 4) is 17.1 Å². The number of halogens is 2. The Morgan fingerprint density at radius 3 is 2.33 bits per heavy atom. The third-order valence-electron chi connectivity index (χ3n) is 7.82. The zero-order valence-corrected chi connectivity index (χ0v) is 24.2. The highest BCUT2D eigenvalue weighted by atomic mass is 35.5. The number of fused-ring (bicyclic) bond motifs is 2. The van der Waals surface area contributed by atoms with E-state index in [1.165, 1.54) is 32.4 Å². The third-order valence-corrected chi connectivity index (χ3v) is 8.41. The van der Waals surface area contributed by atoms with E-state index in [1.54, 1.807) is 39.0 Å². The molecule has 1 aromatic carbocycles. The second kappa shape index (κ2) is 10.7. The van der Waals surface area contributed by atoms with Gasteiger partial charge in [0.2, 0.25) is 5.43 Å². The molecule has 40 heavy (non-hydrogen) atoms. The van der Waals surface area contributed by atoms with Crippen molar-refractivity contribution in [3.05, 3.63) is 62.2 Å². The number of hydrogen-bond acceptors (Lipinski definition) is 7. The van der Waals surface area contributed by atoms with Gasteiger partial charge in [-0.3, -0.25) is 14.4 Å². The lowest BCUT2D eigenvalue weighted by molar-refractivity contribution is -0.166. The molecule has 0 saturated heterocycles. The van der Waals surface area contributed by atoms with Gasteiger partial charge in [-0.15, -0.1) is 0 Å². The maximum Gasteiger partial charge on any atom is 0.314 e. The molecule has 0 aromatic heterocycles. The average Bonchev–Trinajstić information content (AvgIpc) is 2.87. The van der Waals surface area contributed by atoms with Crippen molar-refractivity contribution in [3.63, 3.8) is 0 Å². The number of carboxylic acid groups (broad SMARTS) is 2. The van der Waals surface area contributed by atoms with Crippen molar-refractivity contribution in [2.75, 3.05) is 27.6 Å². The fourth-order valence-corrected chi connectivity index (χ4v) is 6.01. The van der Waals surface area contributed by atoms with Crippen LogP contribution in [0.4, 0.5) is 0 Å². The van der Waals surface area contributed by atoms with Crippen molar-refractivity contribution in [2.24, 2.45) is 16.2 Å². The molecule has 0 amide bonds. The molecule has 0 bridgehead atoms. The molecule has 9 nitrogen and oxygen atoms in total. The number of rotatable bonds is 8. The summed E-state index contributed by atoms with van der Waals surface area (Å²) in [5.41, 5.74) is -3.50. The molecule has 2 aliphatic carbocycles. The molecule has 214 valence electrons. The summed E-state index contributed by atoms with van der Waals surface area (Å²) in [6, 6.07) is 5.76. The zero-order valence-electron chi connectivity index (χ0n) is 22.7. The Balaban J connectivity index is 2.16. The van der Waals surface area contributed by atoms with E-state index in [0.29, 0.717) is 16.5 Å². The summed E-state index contributed by atoms with van der Waals surface area (Å²) in [5.74, 6) is -2.90. The van der Waals surface area contributed by atoms with Gasteiger partial charge in [0, 0.05) is 43.2 Å². The normalized spacial score (nSPS) is 23.0. The highest BCUT2D eigenvalue weighted by Gasteiger charge is 2.60. The predicted octanol–water partition coefficient (Wildman–Crippen LogP) is 6.07. The van der Waals surface area contributed by atoms with Crippen molar-refractivity contribution < 1.29 is 38.4 Å². The second-order valence-electron chi connectivity index (χ2n) is 11.1. The minimum atomic E-state index is -1.74. The van der Waals surface area contributed by atoms with Crippen molar-refractivity contribution in [1.82, 2.24) is 0 Å². The Hall–Kier alpha value is -3.11. The molecule has 1 heterocycles. The second-order valence-corrected chi connectivity index (χ2v) is 11.9. The molecule has 0 spiro atoms. The van der Waals surface area contributed by atoms with E-state index in [4.69, 9.17) is 41.8 Å². The van der Waals surface area contributed by atoms with E-state index in [9.17, 15) is 24.6 Å². The molecule has 4 rings (SSSR count). The largest absolute Gasteiger partial charge is 0.481 e. The minimum absolute atomic E-state index is 0.0859. The Bertz CT molecular complexity index is 1540. The molecule has 3 aliphatic rings. The predicted molar refractivity (Wildman–Crippen MR) is 150 cm³/mol. The van der Waals surface area contributed by atoms with Gasteiger partial charge in [-0.05, 0) is 29.5 Å². The first kappa shape index (κ1) is 29.9. The van der Waals surface area contributed by atoms with Gasteiger partial charge in [-0.25, -0.2) is 0 Å². The number of hydrogen-bond donors (Lipinski definition) is 2. The Morgan fingerprint density at radius 2 is 1.75 bits per heavy atom. The van der Waals surface area contributed by atoms with Crippen LogP contribution >= 0.6 is 23.2 Å². The lowest BCUT2D eigenvalue weighted by Crippen LogP contribution is -2.54. The van der Waals surface area contributed by atoms with Crippen LogP contribution in [0, 0.1) is 16.2 Å². The number of aliphatic carboxylic acids is 2. The number of allylic oxidation sites excluding steroid dienone is 1. The van der Waals surface area contributed by atoms with Crippen LogP contribution < -0.4 is 10.2 Å². The van der Waals surface area contributed by atoms with Crippen LogP contribution in [0.25, 0.3) is 22.3 Å². The minimum Gasteiger partial charge on any atom is -0.481 e. The number of carbonyl (C=O) groups is 2. The summed E-state index contributed by atoms with van der Waals surface area (Å²) >= 11 is 12.8. The van der Waals surface area contributed by atoms with E-state index in [2.05, 4.69) is 0 Å². The molecule has 11 heteroatoms. The van der Waals surface area contributed by atoms with Crippen LogP contribution in [-0.4, -0.2) is 49.8 Å². The summed E-state index contributed by atoms with van der Waals surface area (Å²) in [5, 5.41) is 21.8. The summed E-state index contributed by atoms with van der Waals surface area (Å²) < 4.78 is 22.1. The van der Waals surface area contributed by atoms with Crippen LogP contribution in [0.3, 0.4) is 0 Å². The molecular weight excluding hydrogens is 563 g/mol. The molecule has 1 aromatic rings. The van der Waals surface area contributed by atoms with Gasteiger partial charge >= 0.3 is 11.9 Å². The highest BCUT2D eigenvalue weighted by molar-refractivity contribution is 6.33. The Morgan fingerprint density at radius 1 is 1.05 bits per heavy atom. The first-order valence-corrected chi connectivity index (χ1v) is 13.1. The van der Waals surface area contributed by atoms with Gasteiger partial charge in [0.05, 0.1) is 22.1 Å². The molecule has 0 radical (unpaired) electrons. The van der Waals surface area contributed by atoms with Gasteiger partial charge in [0.25, 0.3) is 0 Å². The number of methoxy groups -OCH3 is 2. The SMILES string of the molecule is COCOc1cc2oc3cc(=O)c(Cl)cc-3c(C3C=CC(C(=O)O)(C(C)(C)C)CC3(COC)C(=O)O)c2cc1Cl. The molecule has 0 fully saturated rings. The monoisotopic (exact) mass is 592 g/mol. The smallest absolute Gasteiger partial charge is 0.314 e. The standard InChI is InChI=1S/C29H30Cl2O9/c1-27(2,3)29(26(35)36)7-6-17(28(12-29,13-37-4)25(33)34)24-15-8-18(30)20(32)10-21(15)40-22-11-23(39-14-38-5)19(31)9-16(22)24/h6-11,17H,12-14H2,1-5H3,(H,33,34)(H,35,36). The van der Waals surface area contributed by atoms with Gasteiger partial charge < -0.3 is 28.8 Å². The quantitative estimate of drug-likeness (QED) is 0.182. The van der Waals surface area contributed by atoms with Crippen LogP contribution in [0.1, 0.15) is 38.7 Å². The van der Waals surface area contributed by atoms with Gasteiger partial charge in [0.15, 0.2) is 6.79 Å². The lowest BCUT2D eigenvalue weighted by atomic mass is 9.52. The molecule has 3 atom stereocenters. The topological polar surface area (TPSA) is 132 Å². The number of carboxylic acids is 2. The van der Waals surface area contributed by atoms with Crippen LogP contribution in [0.2, 0.25) is 10.0 Å². The van der Waals surface area contributed by atoms with Crippen LogP contribution in [0.5, 0.6) is 5.75 Å². The summed E-state index contributed by atoms with van der Waals surface area (Å²) in [6.07, 6.45) is 2.90. The Kier molecular flexibility index (Phi) is 7.99. The van der Waals surface area contributed by atoms with E-state index >= 15 is 0 Å². The molecular formula is C29H30Cl2O9. The maximum atomic E-state index is 13.3. The van der Waals surface area contributed by atoms with Crippen LogP contribution in [0.15, 0.2) is 45.6 Å².